The van der Waals surface area contributed by atoms with E-state index in [2.05, 4.69) is 10.3 Å². The van der Waals surface area contributed by atoms with E-state index in [1.54, 1.807) is 13.3 Å². The molecule has 120 valence electrons. The molecule has 5 heteroatoms. The molecule has 1 saturated carbocycles. The van der Waals surface area contributed by atoms with Crippen LogP contribution in [0.2, 0.25) is 0 Å². The van der Waals surface area contributed by atoms with Crippen LogP contribution in [0.25, 0.3) is 0 Å². The maximum Gasteiger partial charge on any atom is 0.216 e. The topological polar surface area (TPSA) is 34.1 Å². The number of aromatic nitrogens is 1. The maximum absolute atomic E-state index is 13.4. The van der Waals surface area contributed by atoms with Gasteiger partial charge in [0.15, 0.2) is 11.6 Å². The molecule has 0 amide bonds. The van der Waals surface area contributed by atoms with E-state index in [9.17, 15) is 8.78 Å². The van der Waals surface area contributed by atoms with E-state index in [1.165, 1.54) is 36.1 Å². The van der Waals surface area contributed by atoms with Crippen LogP contribution in [0.5, 0.6) is 5.88 Å². The van der Waals surface area contributed by atoms with Crippen LogP contribution in [0.15, 0.2) is 24.4 Å². The van der Waals surface area contributed by atoms with Crippen molar-refractivity contribution in [1.82, 2.24) is 4.98 Å². The average molecular weight is 316 g/mol. The highest BCUT2D eigenvalue weighted by Crippen LogP contribution is 2.54. The molecule has 0 saturated heterocycles. The lowest BCUT2D eigenvalue weighted by Crippen LogP contribution is -2.24. The molecule has 3 nitrogen and oxygen atoms in total. The number of rotatable bonds is 3. The Labute approximate surface area is 133 Å². The Morgan fingerprint density at radius 2 is 1.74 bits per heavy atom. The first-order chi connectivity index (χ1) is 11.2. The summed E-state index contributed by atoms with van der Waals surface area (Å²) in [5.41, 5.74) is 3.84. The lowest BCUT2D eigenvalue weighted by Gasteiger charge is -2.39. The molecule has 1 fully saturated rings. The van der Waals surface area contributed by atoms with Gasteiger partial charge in [0.1, 0.15) is 0 Å². The number of halogens is 2. The number of methoxy groups -OCH3 is 1. The van der Waals surface area contributed by atoms with E-state index >= 15 is 0 Å². The van der Waals surface area contributed by atoms with Crippen LogP contribution in [0.1, 0.15) is 48.6 Å². The second kappa shape index (κ2) is 5.48. The smallest absolute Gasteiger partial charge is 0.216 e. The van der Waals surface area contributed by atoms with Crippen molar-refractivity contribution < 1.29 is 13.5 Å². The summed E-state index contributed by atoms with van der Waals surface area (Å²) in [5.74, 6) is -0.0227. The molecule has 0 unspecified atom stereocenters. The number of anilines is 2. The van der Waals surface area contributed by atoms with Gasteiger partial charge in [0.25, 0.3) is 0 Å². The van der Waals surface area contributed by atoms with Crippen LogP contribution in [0.3, 0.4) is 0 Å². The molecule has 0 aliphatic heterocycles. The molecule has 2 bridgehead atoms. The number of nitrogens with zero attached hydrogens (tertiary/aromatic N) is 1. The van der Waals surface area contributed by atoms with E-state index in [0.717, 1.165) is 24.6 Å². The van der Waals surface area contributed by atoms with Gasteiger partial charge in [-0.05, 0) is 55.2 Å². The molecule has 1 aromatic heterocycles. The first-order valence-electron chi connectivity index (χ1n) is 7.96. The van der Waals surface area contributed by atoms with Gasteiger partial charge in [0, 0.05) is 17.3 Å². The third-order valence-corrected chi connectivity index (χ3v) is 5.06. The van der Waals surface area contributed by atoms with E-state index in [-0.39, 0.29) is 0 Å². The first-order valence-corrected chi connectivity index (χ1v) is 7.96. The first kappa shape index (κ1) is 14.4. The number of fused-ring (bicyclic) bond motifs is 2. The largest absolute Gasteiger partial charge is 0.481 e. The molecule has 23 heavy (non-hydrogen) atoms. The van der Waals surface area contributed by atoms with E-state index in [1.807, 2.05) is 0 Å². The number of benzene rings is 1. The minimum atomic E-state index is -0.855. The molecule has 0 atom stereocenters. The second-order valence-electron chi connectivity index (χ2n) is 6.31. The van der Waals surface area contributed by atoms with Gasteiger partial charge in [-0.2, -0.15) is 0 Å². The van der Waals surface area contributed by atoms with Gasteiger partial charge in [-0.25, -0.2) is 13.8 Å². The van der Waals surface area contributed by atoms with Crippen LogP contribution in [0, 0.1) is 11.6 Å². The van der Waals surface area contributed by atoms with Crippen molar-refractivity contribution in [3.05, 3.63) is 47.2 Å². The van der Waals surface area contributed by atoms with Crippen molar-refractivity contribution in [3.8, 4) is 5.88 Å². The Kier molecular flexibility index (Phi) is 3.43. The minimum absolute atomic E-state index is 0.486. The monoisotopic (exact) mass is 316 g/mol. The van der Waals surface area contributed by atoms with Crippen molar-refractivity contribution in [2.75, 3.05) is 12.4 Å². The van der Waals surface area contributed by atoms with Gasteiger partial charge in [0.2, 0.25) is 5.88 Å². The summed E-state index contributed by atoms with van der Waals surface area (Å²) < 4.78 is 32.0. The van der Waals surface area contributed by atoms with E-state index in [0.29, 0.717) is 23.4 Å². The van der Waals surface area contributed by atoms with Crippen LogP contribution < -0.4 is 10.1 Å². The Hall–Kier alpha value is -2.17. The maximum atomic E-state index is 13.4. The molecular formula is C18H18F2N2O. The molecule has 1 aromatic carbocycles. The third kappa shape index (κ3) is 2.35. The highest BCUT2D eigenvalue weighted by atomic mass is 19.2. The second-order valence-corrected chi connectivity index (χ2v) is 6.31. The molecule has 0 spiro atoms. The van der Waals surface area contributed by atoms with Crippen LogP contribution in [0.4, 0.5) is 20.2 Å². The zero-order valence-corrected chi connectivity index (χ0v) is 12.9. The van der Waals surface area contributed by atoms with Crippen LogP contribution in [-0.2, 0) is 0 Å². The zero-order valence-electron chi connectivity index (χ0n) is 12.9. The van der Waals surface area contributed by atoms with Gasteiger partial charge in [0.05, 0.1) is 19.0 Å². The Morgan fingerprint density at radius 1 is 1.04 bits per heavy atom. The summed E-state index contributed by atoms with van der Waals surface area (Å²) >= 11 is 0. The standard InChI is InChI=1S/C18H18F2N2O/c1-23-18-17-11-4-2-10(3-5-11)16(17)15(9-21-18)22-12-6-7-13(19)14(20)8-12/h6-11,22H,2-5H2,1H3. The SMILES string of the molecule is COc1ncc(Nc2ccc(F)c(F)c2)c2c1C1CCC2CC1. The summed E-state index contributed by atoms with van der Waals surface area (Å²) in [6.45, 7) is 0. The Bertz CT molecular complexity index is 755. The number of hydrogen-bond donors (Lipinski definition) is 1. The molecule has 1 heterocycles. The summed E-state index contributed by atoms with van der Waals surface area (Å²) in [6, 6.07) is 3.84. The molecular weight excluding hydrogens is 298 g/mol. The van der Waals surface area contributed by atoms with Crippen LogP contribution >= 0.6 is 0 Å². The third-order valence-electron chi connectivity index (χ3n) is 5.06. The molecule has 3 aliphatic rings. The van der Waals surface area contributed by atoms with Gasteiger partial charge >= 0.3 is 0 Å². The minimum Gasteiger partial charge on any atom is -0.481 e. The molecule has 5 rings (SSSR count). The number of ether oxygens (including phenoxy) is 1. The fraction of sp³-hybridized carbons (Fsp3) is 0.389. The fourth-order valence-corrected chi connectivity index (χ4v) is 4.02. The number of hydrogen-bond acceptors (Lipinski definition) is 3. The van der Waals surface area contributed by atoms with Crippen molar-refractivity contribution in [3.63, 3.8) is 0 Å². The van der Waals surface area contributed by atoms with Crippen molar-refractivity contribution >= 4 is 11.4 Å². The summed E-state index contributed by atoms with van der Waals surface area (Å²) in [6.07, 6.45) is 6.41. The summed E-state index contributed by atoms with van der Waals surface area (Å²) in [4.78, 5) is 4.41. The highest BCUT2D eigenvalue weighted by Gasteiger charge is 2.37. The van der Waals surface area contributed by atoms with Crippen molar-refractivity contribution in [2.24, 2.45) is 0 Å². The normalized spacial score (nSPS) is 21.9. The predicted molar refractivity (Wildman–Crippen MR) is 84.4 cm³/mol. The zero-order chi connectivity index (χ0) is 16.0. The van der Waals surface area contributed by atoms with Gasteiger partial charge in [-0.1, -0.05) is 0 Å². The lowest BCUT2D eigenvalue weighted by molar-refractivity contribution is 0.329. The van der Waals surface area contributed by atoms with Gasteiger partial charge in [-0.3, -0.25) is 0 Å². The molecule has 2 aromatic rings. The quantitative estimate of drug-likeness (QED) is 0.877. The fourth-order valence-electron chi connectivity index (χ4n) is 4.02. The van der Waals surface area contributed by atoms with Crippen molar-refractivity contribution in [2.45, 2.75) is 37.5 Å². The predicted octanol–water partition coefficient (Wildman–Crippen LogP) is 4.87. The lowest BCUT2D eigenvalue weighted by atomic mass is 9.67. The molecule has 3 aliphatic carbocycles. The van der Waals surface area contributed by atoms with Crippen molar-refractivity contribution in [1.29, 1.82) is 0 Å². The number of pyridine rings is 1. The summed E-state index contributed by atoms with van der Waals surface area (Å²) in [5, 5.41) is 3.21. The van der Waals surface area contributed by atoms with Gasteiger partial charge in [-0.15, -0.1) is 0 Å². The molecule has 0 radical (unpaired) electrons. The Balaban J connectivity index is 1.78. The van der Waals surface area contributed by atoms with Crippen LogP contribution in [-0.4, -0.2) is 12.1 Å². The Morgan fingerprint density at radius 3 is 2.39 bits per heavy atom. The van der Waals surface area contributed by atoms with Gasteiger partial charge < -0.3 is 10.1 Å². The summed E-state index contributed by atoms with van der Waals surface area (Å²) in [7, 11) is 1.65. The van der Waals surface area contributed by atoms with E-state index in [4.69, 9.17) is 4.74 Å². The number of nitrogens with one attached hydrogen (secondary N) is 1. The average Bonchev–Trinajstić information content (AvgIpc) is 2.59. The van der Waals surface area contributed by atoms with E-state index < -0.39 is 11.6 Å². The highest BCUT2D eigenvalue weighted by molar-refractivity contribution is 5.67. The molecule has 1 N–H and O–H groups in total.